The molecule has 0 aliphatic heterocycles. The number of benzene rings is 2. The number of nitriles is 1. The normalized spacial score (nSPS) is 11.6. The van der Waals surface area contributed by atoms with Gasteiger partial charge >= 0.3 is 0 Å². The van der Waals surface area contributed by atoms with Gasteiger partial charge in [-0.15, -0.1) is 0 Å². The van der Waals surface area contributed by atoms with E-state index < -0.39 is 25.0 Å². The molecule has 6 heterocycles. The lowest BCUT2D eigenvalue weighted by molar-refractivity contribution is -0.385. The van der Waals surface area contributed by atoms with Gasteiger partial charge in [0.25, 0.3) is 25.7 Å². The van der Waals surface area contributed by atoms with Gasteiger partial charge in [0.05, 0.1) is 61.2 Å². The van der Waals surface area contributed by atoms with Crippen molar-refractivity contribution in [1.82, 2.24) is 37.6 Å². The summed E-state index contributed by atoms with van der Waals surface area (Å²) in [5.74, 6) is 0. The van der Waals surface area contributed by atoms with Gasteiger partial charge in [-0.1, -0.05) is 24.3 Å². The summed E-state index contributed by atoms with van der Waals surface area (Å²) in [5, 5.41) is 36.6. The number of pyridine rings is 2. The zero-order valence-electron chi connectivity index (χ0n) is 25.9. The van der Waals surface area contributed by atoms with Crippen molar-refractivity contribution in [2.45, 2.75) is 9.79 Å². The summed E-state index contributed by atoms with van der Waals surface area (Å²) in [4.78, 5) is 10.0. The fourth-order valence-corrected chi connectivity index (χ4v) is 7.44. The molecular weight excluding hydrogens is 697 g/mol. The Labute approximate surface area is 288 Å². The molecule has 16 nitrogen and oxygen atoms in total. The van der Waals surface area contributed by atoms with Crippen molar-refractivity contribution in [3.8, 4) is 28.6 Å². The van der Waals surface area contributed by atoms with Gasteiger partial charge in [-0.3, -0.25) is 10.1 Å². The third-order valence-electron chi connectivity index (χ3n) is 7.62. The van der Waals surface area contributed by atoms with Crippen LogP contribution in [0, 0.1) is 21.4 Å². The van der Waals surface area contributed by atoms with Gasteiger partial charge in [0.1, 0.15) is 0 Å². The van der Waals surface area contributed by atoms with E-state index in [1.807, 2.05) is 42.5 Å². The van der Waals surface area contributed by atoms with Crippen LogP contribution >= 0.6 is 0 Å². The molecule has 0 aliphatic carbocycles. The lowest BCUT2D eigenvalue weighted by Gasteiger charge is -2.04. The third kappa shape index (κ3) is 6.09. The Morgan fingerprint density at radius 2 is 1.14 bits per heavy atom. The molecule has 0 saturated carbocycles. The SMILES string of the molecule is N#Cc1cccc(S(=O)(=O)n2ccc(-c3cnn4ccccc34)n2)c1.O=[N+]([O-])c1cccc(S(=O)(=O)n2ccc(-c3cnn4ccccc34)n2)c1. The van der Waals surface area contributed by atoms with Gasteiger partial charge in [-0.05, 0) is 60.7 Å². The summed E-state index contributed by atoms with van der Waals surface area (Å²) in [6.45, 7) is 0. The molecule has 0 spiro atoms. The summed E-state index contributed by atoms with van der Waals surface area (Å²) in [6, 6.07) is 26.9. The molecule has 0 radical (unpaired) electrons. The molecule has 51 heavy (non-hydrogen) atoms. The summed E-state index contributed by atoms with van der Waals surface area (Å²) < 4.78 is 55.9. The second kappa shape index (κ2) is 12.8. The van der Waals surface area contributed by atoms with E-state index in [4.69, 9.17) is 5.26 Å². The van der Waals surface area contributed by atoms with Crippen molar-refractivity contribution < 1.29 is 21.8 Å². The molecule has 0 saturated heterocycles. The minimum Gasteiger partial charge on any atom is -0.258 e. The van der Waals surface area contributed by atoms with Crippen molar-refractivity contribution in [2.24, 2.45) is 0 Å². The van der Waals surface area contributed by atoms with Crippen LogP contribution in [0.5, 0.6) is 0 Å². The lowest BCUT2D eigenvalue weighted by Crippen LogP contribution is -2.13. The first-order valence-electron chi connectivity index (χ1n) is 14.8. The van der Waals surface area contributed by atoms with Gasteiger partial charge in [-0.25, -0.2) is 9.03 Å². The van der Waals surface area contributed by atoms with E-state index in [-0.39, 0.29) is 21.0 Å². The van der Waals surface area contributed by atoms with Gasteiger partial charge in [-0.2, -0.15) is 50.7 Å². The topological polar surface area (TPSA) is 205 Å². The van der Waals surface area contributed by atoms with E-state index in [0.717, 1.165) is 30.8 Å². The number of nitrogens with zero attached hydrogens (tertiary/aromatic N) is 10. The van der Waals surface area contributed by atoms with Crippen molar-refractivity contribution >= 4 is 36.8 Å². The molecule has 0 atom stereocenters. The Bertz CT molecular complexity index is 2870. The first kappa shape index (κ1) is 32.6. The lowest BCUT2D eigenvalue weighted by atomic mass is 10.2. The number of rotatable bonds is 7. The number of nitro groups is 1. The molecular formula is C33H22N10O6S2. The Balaban J connectivity index is 0.000000159. The first-order chi connectivity index (χ1) is 24.6. The first-order valence-corrected chi connectivity index (χ1v) is 17.7. The van der Waals surface area contributed by atoms with Crippen LogP contribution in [-0.2, 0) is 20.0 Å². The van der Waals surface area contributed by atoms with Crippen molar-refractivity contribution in [1.29, 1.82) is 5.26 Å². The molecule has 0 unspecified atom stereocenters. The van der Waals surface area contributed by atoms with Gasteiger partial charge in [0, 0.05) is 48.0 Å². The summed E-state index contributed by atoms with van der Waals surface area (Å²) in [6.07, 6.45) is 9.51. The van der Waals surface area contributed by atoms with Gasteiger partial charge < -0.3 is 0 Å². The second-order valence-electron chi connectivity index (χ2n) is 10.7. The Kier molecular flexibility index (Phi) is 8.18. The summed E-state index contributed by atoms with van der Waals surface area (Å²) in [7, 11) is -7.91. The van der Waals surface area contributed by atoms with Crippen LogP contribution in [0.2, 0.25) is 0 Å². The zero-order chi connectivity index (χ0) is 35.8. The summed E-state index contributed by atoms with van der Waals surface area (Å²) in [5.41, 5.74) is 3.93. The van der Waals surface area contributed by atoms with Crippen LogP contribution in [0.25, 0.3) is 33.5 Å². The van der Waals surface area contributed by atoms with Crippen LogP contribution < -0.4 is 0 Å². The molecule has 18 heteroatoms. The highest BCUT2D eigenvalue weighted by molar-refractivity contribution is 7.90. The van der Waals surface area contributed by atoms with Crippen LogP contribution in [0.1, 0.15) is 5.56 Å². The van der Waals surface area contributed by atoms with Crippen LogP contribution in [0.3, 0.4) is 0 Å². The molecule has 0 fully saturated rings. The predicted octanol–water partition coefficient (Wildman–Crippen LogP) is 4.65. The van der Waals surface area contributed by atoms with Crippen LogP contribution in [0.4, 0.5) is 5.69 Å². The highest BCUT2D eigenvalue weighted by Gasteiger charge is 2.22. The van der Waals surface area contributed by atoms with E-state index in [1.54, 1.807) is 52.0 Å². The average Bonchev–Trinajstić information content (AvgIpc) is 3.98. The maximum atomic E-state index is 12.7. The number of hydrogen-bond acceptors (Lipinski definition) is 11. The van der Waals surface area contributed by atoms with Crippen molar-refractivity contribution in [3.63, 3.8) is 0 Å². The highest BCUT2D eigenvalue weighted by atomic mass is 32.2. The standard InChI is InChI=1S/C17H11N5O2S.C16H11N5O4S/c18-11-13-4-3-5-14(10-13)25(23,24)22-9-7-16(20-22)15-12-19-21-8-2-1-6-17(15)21;22-21(23)12-4-3-5-13(10-12)26(24,25)20-9-7-15(18-20)14-11-17-19-8-2-1-6-16(14)19/h1-10,12H;1-11H. The smallest absolute Gasteiger partial charge is 0.258 e. The Morgan fingerprint density at radius 3 is 1.65 bits per heavy atom. The van der Waals surface area contributed by atoms with Gasteiger partial charge in [0.15, 0.2) is 0 Å². The second-order valence-corrected chi connectivity index (χ2v) is 14.3. The highest BCUT2D eigenvalue weighted by Crippen LogP contribution is 2.26. The fourth-order valence-electron chi connectivity index (χ4n) is 5.13. The quantitative estimate of drug-likeness (QED) is 0.164. The number of aromatic nitrogens is 8. The Morgan fingerprint density at radius 1 is 0.627 bits per heavy atom. The maximum Gasteiger partial charge on any atom is 0.283 e. The van der Waals surface area contributed by atoms with Crippen molar-refractivity contribution in [3.05, 3.63) is 150 Å². The molecule has 2 aromatic carbocycles. The minimum atomic E-state index is -4.04. The number of fused-ring (bicyclic) bond motifs is 2. The number of nitro benzene ring substituents is 1. The van der Waals surface area contributed by atoms with E-state index in [2.05, 4.69) is 20.4 Å². The molecule has 0 aliphatic rings. The molecule has 0 N–H and O–H groups in total. The average molecular weight is 719 g/mol. The van der Waals surface area contributed by atoms with Gasteiger partial charge in [0.2, 0.25) is 0 Å². The molecule has 0 amide bonds. The monoisotopic (exact) mass is 718 g/mol. The van der Waals surface area contributed by atoms with Crippen molar-refractivity contribution in [2.75, 3.05) is 0 Å². The fraction of sp³-hybridized carbons (Fsp3) is 0. The van der Waals surface area contributed by atoms with E-state index >= 15 is 0 Å². The molecule has 252 valence electrons. The molecule has 8 rings (SSSR count). The minimum absolute atomic E-state index is 0.0149. The van der Waals surface area contributed by atoms with Crippen LogP contribution in [0.15, 0.2) is 144 Å². The maximum absolute atomic E-state index is 12.7. The van der Waals surface area contributed by atoms with E-state index in [1.165, 1.54) is 48.8 Å². The van der Waals surface area contributed by atoms with E-state index in [9.17, 15) is 26.9 Å². The Hall–Kier alpha value is -6.97. The van der Waals surface area contributed by atoms with Crippen LogP contribution in [-0.4, -0.2) is 59.4 Å². The predicted molar refractivity (Wildman–Crippen MR) is 182 cm³/mol. The molecule has 8 aromatic rings. The van der Waals surface area contributed by atoms with E-state index in [0.29, 0.717) is 17.0 Å². The largest absolute Gasteiger partial charge is 0.283 e. The third-order valence-corrected chi connectivity index (χ3v) is 10.7. The number of non-ortho nitro benzene ring substituents is 1. The molecule has 0 bridgehead atoms. The summed E-state index contributed by atoms with van der Waals surface area (Å²) >= 11 is 0. The molecule has 6 aromatic heterocycles. The number of hydrogen-bond donors (Lipinski definition) is 0. The zero-order valence-corrected chi connectivity index (χ0v) is 27.6.